The van der Waals surface area contributed by atoms with E-state index in [9.17, 15) is 0 Å². The van der Waals surface area contributed by atoms with Crippen molar-refractivity contribution in [3.8, 4) is 0 Å². The molecule has 106 valence electrons. The first kappa shape index (κ1) is 14.7. The fourth-order valence-corrected chi connectivity index (χ4v) is 4.66. The number of nitrogens with zero attached hydrogens (tertiary/aromatic N) is 1. The summed E-state index contributed by atoms with van der Waals surface area (Å²) in [5, 5.41) is 4.55. The van der Waals surface area contributed by atoms with E-state index < -0.39 is 0 Å². The molecule has 1 saturated carbocycles. The zero-order valence-electron chi connectivity index (χ0n) is 12.3. The topological polar surface area (TPSA) is 15.3 Å². The first-order chi connectivity index (χ1) is 8.74. The van der Waals surface area contributed by atoms with Crippen LogP contribution >= 0.6 is 11.8 Å². The quantitative estimate of drug-likeness (QED) is 0.845. The van der Waals surface area contributed by atoms with Gasteiger partial charge in [0.15, 0.2) is 0 Å². The van der Waals surface area contributed by atoms with Crippen molar-refractivity contribution in [2.24, 2.45) is 0 Å². The number of likely N-dealkylation sites (tertiary alicyclic amines) is 1. The Morgan fingerprint density at radius 1 is 1.22 bits per heavy atom. The molecule has 0 radical (unpaired) electrons. The molecule has 2 aliphatic rings. The van der Waals surface area contributed by atoms with Gasteiger partial charge in [0.2, 0.25) is 0 Å². The Hall–Kier alpha value is 0.270. The van der Waals surface area contributed by atoms with Crippen LogP contribution in [0.2, 0.25) is 0 Å². The number of nitrogens with one attached hydrogen (secondary N) is 1. The van der Waals surface area contributed by atoms with E-state index in [1.165, 1.54) is 45.1 Å². The standard InChI is InChI=1S/C15H30N2S/c1-4-16-13-8-9-17(12(2)10-13)14-6-5-7-15(11-14)18-3/h12-16H,4-11H2,1-3H3. The smallest absolute Gasteiger partial charge is 0.0109 e. The second-order valence-electron chi connectivity index (χ2n) is 6.04. The molecule has 18 heavy (non-hydrogen) atoms. The SMILES string of the molecule is CCNC1CCN(C2CCCC(SC)C2)C(C)C1. The van der Waals surface area contributed by atoms with Crippen molar-refractivity contribution in [1.29, 1.82) is 0 Å². The third kappa shape index (κ3) is 3.64. The molecule has 2 nitrogen and oxygen atoms in total. The van der Waals surface area contributed by atoms with Crippen LogP contribution in [0.25, 0.3) is 0 Å². The number of piperidine rings is 1. The lowest BCUT2D eigenvalue weighted by atomic mass is 9.89. The molecule has 0 spiro atoms. The molecular weight excluding hydrogens is 240 g/mol. The molecule has 4 unspecified atom stereocenters. The summed E-state index contributed by atoms with van der Waals surface area (Å²) in [4.78, 5) is 2.82. The zero-order chi connectivity index (χ0) is 13.0. The molecule has 0 aromatic heterocycles. The van der Waals surface area contributed by atoms with E-state index in [1.807, 2.05) is 0 Å². The van der Waals surface area contributed by atoms with Crippen LogP contribution in [0, 0.1) is 0 Å². The third-order valence-electron chi connectivity index (χ3n) is 4.82. The van der Waals surface area contributed by atoms with Crippen LogP contribution in [-0.4, -0.2) is 47.6 Å². The maximum absolute atomic E-state index is 3.63. The highest BCUT2D eigenvalue weighted by atomic mass is 32.2. The van der Waals surface area contributed by atoms with Crippen LogP contribution in [0.3, 0.4) is 0 Å². The van der Waals surface area contributed by atoms with E-state index in [1.54, 1.807) is 0 Å². The lowest BCUT2D eigenvalue weighted by molar-refractivity contribution is 0.0695. The molecule has 2 fully saturated rings. The van der Waals surface area contributed by atoms with Crippen LogP contribution in [0.4, 0.5) is 0 Å². The van der Waals surface area contributed by atoms with Crippen LogP contribution < -0.4 is 5.32 Å². The zero-order valence-corrected chi connectivity index (χ0v) is 13.1. The van der Waals surface area contributed by atoms with Gasteiger partial charge < -0.3 is 5.32 Å². The second kappa shape index (κ2) is 7.16. The maximum atomic E-state index is 3.63. The van der Waals surface area contributed by atoms with E-state index in [0.29, 0.717) is 0 Å². The molecule has 0 bridgehead atoms. The predicted octanol–water partition coefficient (Wildman–Crippen LogP) is 3.12. The van der Waals surface area contributed by atoms with Gasteiger partial charge >= 0.3 is 0 Å². The molecule has 1 N–H and O–H groups in total. The van der Waals surface area contributed by atoms with Gasteiger partial charge in [-0.2, -0.15) is 11.8 Å². The molecule has 1 heterocycles. The Labute approximate surface area is 117 Å². The van der Waals surface area contributed by atoms with Gasteiger partial charge in [-0.05, 0) is 51.8 Å². The van der Waals surface area contributed by atoms with Gasteiger partial charge in [-0.1, -0.05) is 13.3 Å². The average molecular weight is 270 g/mol. The van der Waals surface area contributed by atoms with Gasteiger partial charge in [-0.25, -0.2) is 0 Å². The van der Waals surface area contributed by atoms with Crippen LogP contribution in [0.1, 0.15) is 52.4 Å². The summed E-state index contributed by atoms with van der Waals surface area (Å²) < 4.78 is 0. The van der Waals surface area contributed by atoms with Gasteiger partial charge in [-0.3, -0.25) is 4.90 Å². The number of rotatable bonds is 4. The average Bonchev–Trinajstić information content (AvgIpc) is 2.39. The van der Waals surface area contributed by atoms with Crippen molar-refractivity contribution in [2.45, 2.75) is 75.7 Å². The fourth-order valence-electron chi connectivity index (χ4n) is 3.84. The minimum absolute atomic E-state index is 0.765. The summed E-state index contributed by atoms with van der Waals surface area (Å²) in [6.45, 7) is 7.09. The molecule has 3 heteroatoms. The van der Waals surface area contributed by atoms with E-state index in [-0.39, 0.29) is 0 Å². The van der Waals surface area contributed by atoms with E-state index in [0.717, 1.165) is 29.9 Å². The van der Waals surface area contributed by atoms with Crippen molar-refractivity contribution in [3.05, 3.63) is 0 Å². The highest BCUT2D eigenvalue weighted by molar-refractivity contribution is 7.99. The molecule has 2 rings (SSSR count). The largest absolute Gasteiger partial charge is 0.314 e. The minimum Gasteiger partial charge on any atom is -0.314 e. The van der Waals surface area contributed by atoms with Crippen molar-refractivity contribution in [2.75, 3.05) is 19.3 Å². The molecule has 0 amide bonds. The monoisotopic (exact) mass is 270 g/mol. The summed E-state index contributed by atoms with van der Waals surface area (Å²) in [6.07, 6.45) is 10.7. The second-order valence-corrected chi connectivity index (χ2v) is 7.18. The Bertz CT molecular complexity index is 247. The molecular formula is C15H30N2S. The Morgan fingerprint density at radius 3 is 2.72 bits per heavy atom. The van der Waals surface area contributed by atoms with Crippen molar-refractivity contribution in [3.63, 3.8) is 0 Å². The first-order valence-electron chi connectivity index (χ1n) is 7.76. The maximum Gasteiger partial charge on any atom is 0.0109 e. The van der Waals surface area contributed by atoms with Crippen molar-refractivity contribution < 1.29 is 0 Å². The molecule has 0 aromatic rings. The Balaban J connectivity index is 1.85. The minimum atomic E-state index is 0.765. The molecule has 1 aliphatic carbocycles. The van der Waals surface area contributed by atoms with E-state index in [2.05, 4.69) is 42.1 Å². The van der Waals surface area contributed by atoms with Crippen LogP contribution in [-0.2, 0) is 0 Å². The molecule has 1 aliphatic heterocycles. The summed E-state index contributed by atoms with van der Waals surface area (Å²) in [5.74, 6) is 0. The lowest BCUT2D eigenvalue weighted by Gasteiger charge is -2.45. The van der Waals surface area contributed by atoms with E-state index in [4.69, 9.17) is 0 Å². The Kier molecular flexibility index (Phi) is 5.84. The van der Waals surface area contributed by atoms with Crippen molar-refractivity contribution >= 4 is 11.8 Å². The number of hydrogen-bond donors (Lipinski definition) is 1. The first-order valence-corrected chi connectivity index (χ1v) is 9.05. The highest BCUT2D eigenvalue weighted by Crippen LogP contribution is 2.32. The summed E-state index contributed by atoms with van der Waals surface area (Å²) in [6, 6.07) is 2.41. The van der Waals surface area contributed by atoms with Gasteiger partial charge in [0.1, 0.15) is 0 Å². The van der Waals surface area contributed by atoms with Gasteiger partial charge in [-0.15, -0.1) is 0 Å². The number of hydrogen-bond acceptors (Lipinski definition) is 3. The molecule has 0 aromatic carbocycles. The fraction of sp³-hybridized carbons (Fsp3) is 1.00. The molecule has 1 saturated heterocycles. The van der Waals surface area contributed by atoms with Gasteiger partial charge in [0.25, 0.3) is 0 Å². The van der Waals surface area contributed by atoms with Crippen LogP contribution in [0.15, 0.2) is 0 Å². The van der Waals surface area contributed by atoms with Crippen LogP contribution in [0.5, 0.6) is 0 Å². The summed E-state index contributed by atoms with van der Waals surface area (Å²) >= 11 is 2.08. The lowest BCUT2D eigenvalue weighted by Crippen LogP contribution is -2.52. The Morgan fingerprint density at radius 2 is 2.06 bits per heavy atom. The summed E-state index contributed by atoms with van der Waals surface area (Å²) in [5.41, 5.74) is 0. The van der Waals surface area contributed by atoms with Gasteiger partial charge in [0.05, 0.1) is 0 Å². The predicted molar refractivity (Wildman–Crippen MR) is 82.4 cm³/mol. The van der Waals surface area contributed by atoms with Gasteiger partial charge in [0, 0.05) is 29.9 Å². The summed E-state index contributed by atoms with van der Waals surface area (Å²) in [7, 11) is 0. The normalized spacial score (nSPS) is 38.8. The highest BCUT2D eigenvalue weighted by Gasteiger charge is 2.32. The number of thioether (sulfide) groups is 1. The van der Waals surface area contributed by atoms with E-state index >= 15 is 0 Å². The van der Waals surface area contributed by atoms with Crippen molar-refractivity contribution in [1.82, 2.24) is 10.2 Å². The molecule has 4 atom stereocenters. The third-order valence-corrected chi connectivity index (χ3v) is 5.92.